The quantitative estimate of drug-likeness (QED) is 0.321. The average Bonchev–Trinajstić information content (AvgIpc) is 0. The fourth-order valence-electron chi connectivity index (χ4n) is 0. The molecule has 0 fully saturated rings. The Bertz CT molecular complexity index is 0. The van der Waals surface area contributed by atoms with E-state index in [1.807, 2.05) is 0 Å². The Labute approximate surface area is 513 Å². The maximum Gasteiger partial charge on any atom is 0 e. The van der Waals surface area contributed by atoms with E-state index in [-0.39, 0.29) is 534 Å². The molecule has 0 saturated carbocycles. The summed E-state index contributed by atoms with van der Waals surface area (Å²) < 4.78 is 0. The van der Waals surface area contributed by atoms with E-state index in [0.717, 1.165) is 0 Å². The molecule has 0 aromatic heterocycles. The van der Waals surface area contributed by atoms with Crippen LogP contribution in [-0.2, 0) is 0 Å². The second-order valence-electron chi connectivity index (χ2n) is 0. The minimum Gasteiger partial charge on any atom is 0 e. The first-order valence-corrected chi connectivity index (χ1v) is 0. The molecule has 0 aromatic carbocycles. The normalized spacial score (nSPS) is 0. The third kappa shape index (κ3) is 89.0. The van der Waals surface area contributed by atoms with Crippen molar-refractivity contribution in [2.24, 2.45) is 0 Å². The molecule has 0 nitrogen and oxygen atoms in total. The van der Waals surface area contributed by atoms with Gasteiger partial charge in [-0.3, -0.25) is 0 Å². The van der Waals surface area contributed by atoms with Gasteiger partial charge in [0.1, 0.15) is 0 Å². The largest absolute Gasteiger partial charge is 0 e. The van der Waals surface area contributed by atoms with Crippen LogP contribution in [0.2, 0.25) is 0 Å². The van der Waals surface area contributed by atoms with E-state index < -0.39 is 0 Å². The maximum absolute atomic E-state index is 0. The second-order valence-corrected chi connectivity index (χ2v) is 0. The Morgan fingerprint density at radius 3 is 0.0667 bits per heavy atom. The minimum atomic E-state index is 0. The van der Waals surface area contributed by atoms with Crippen molar-refractivity contribution >= 4 is 0 Å². The van der Waals surface area contributed by atoms with Crippen molar-refractivity contribution in [2.45, 2.75) is 0 Å². The molecule has 0 heterocycles. The van der Waals surface area contributed by atoms with Crippen LogP contribution in [0.1, 0.15) is 0 Å². The summed E-state index contributed by atoms with van der Waals surface area (Å²) in [6, 6.07) is 0. The zero-order valence-corrected chi connectivity index (χ0v) is 63.0. The van der Waals surface area contributed by atoms with Gasteiger partial charge in [0, 0.05) is 534 Å². The molecule has 0 bridgehead atoms. The van der Waals surface area contributed by atoms with Gasteiger partial charge in [-0.15, -0.1) is 0 Å². The smallest absolute Gasteiger partial charge is 0 e. The molecule has 0 saturated heterocycles. The first-order chi connectivity index (χ1) is 0. The number of rotatable bonds is 0. The number of hydrogen-bond donors (Lipinski definition) is 0. The topological polar surface area (TPSA) is 0 Å². The summed E-state index contributed by atoms with van der Waals surface area (Å²) in [5.74, 6) is 0. The Morgan fingerprint density at radius 2 is 0.0667 bits per heavy atom. The molecule has 0 unspecified atom stereocenters. The molecule has 0 aliphatic heterocycles. The predicted molar refractivity (Wildman–Crippen MR) is 0 cm³/mol. The van der Waals surface area contributed by atoms with E-state index in [0.29, 0.717) is 0 Å². The Balaban J connectivity index is 0. The summed E-state index contributed by atoms with van der Waals surface area (Å²) in [6.07, 6.45) is 0. The number of hydrogen-bond acceptors (Lipinski definition) is 0. The average molecular weight is 2080 g/mol. The standard InChI is InChI=1S/15La. The van der Waals surface area contributed by atoms with Crippen molar-refractivity contribution in [3.8, 4) is 0 Å². The summed E-state index contributed by atoms with van der Waals surface area (Å²) in [5.41, 5.74) is 0. The summed E-state index contributed by atoms with van der Waals surface area (Å²) >= 11 is 0. The monoisotopic (exact) mass is 2080 g/mol. The molecule has 45 valence electrons. The summed E-state index contributed by atoms with van der Waals surface area (Å²) in [5, 5.41) is 0. The van der Waals surface area contributed by atoms with Gasteiger partial charge < -0.3 is 0 Å². The van der Waals surface area contributed by atoms with Gasteiger partial charge in [0.2, 0.25) is 0 Å². The van der Waals surface area contributed by atoms with Crippen LogP contribution in [0, 0.1) is 534 Å². The van der Waals surface area contributed by atoms with Crippen molar-refractivity contribution in [1.82, 2.24) is 0 Å². The molecule has 15 radical (unpaired) electrons. The SMILES string of the molecule is [La].[La].[La].[La].[La].[La].[La].[La].[La].[La].[La].[La].[La].[La].[La]. The molecule has 0 N–H and O–H groups in total. The maximum atomic E-state index is 0. The van der Waals surface area contributed by atoms with Crippen LogP contribution in [0.3, 0.4) is 0 Å². The Morgan fingerprint density at radius 1 is 0.0667 bits per heavy atom. The van der Waals surface area contributed by atoms with Crippen LogP contribution in [-0.4, -0.2) is 0 Å². The molecular weight excluding hydrogens is 2080 g/mol. The van der Waals surface area contributed by atoms with Gasteiger partial charge in [-0.25, -0.2) is 0 Å². The van der Waals surface area contributed by atoms with E-state index in [1.54, 1.807) is 0 Å². The molecule has 0 rings (SSSR count). The van der Waals surface area contributed by atoms with E-state index in [9.17, 15) is 0 Å². The van der Waals surface area contributed by atoms with E-state index in [2.05, 4.69) is 0 Å². The zero-order chi connectivity index (χ0) is 0. The van der Waals surface area contributed by atoms with Gasteiger partial charge in [0.15, 0.2) is 0 Å². The molecule has 0 aliphatic carbocycles. The van der Waals surface area contributed by atoms with E-state index in [1.165, 1.54) is 0 Å². The summed E-state index contributed by atoms with van der Waals surface area (Å²) in [6.45, 7) is 0. The van der Waals surface area contributed by atoms with Crippen LogP contribution in [0.25, 0.3) is 0 Å². The second kappa shape index (κ2) is 95.0. The molecule has 0 atom stereocenters. The summed E-state index contributed by atoms with van der Waals surface area (Å²) in [4.78, 5) is 0. The van der Waals surface area contributed by atoms with Crippen molar-refractivity contribution in [2.75, 3.05) is 0 Å². The fourth-order valence-corrected chi connectivity index (χ4v) is 0. The van der Waals surface area contributed by atoms with Crippen molar-refractivity contribution < 1.29 is 534 Å². The van der Waals surface area contributed by atoms with Gasteiger partial charge in [-0.2, -0.15) is 0 Å². The van der Waals surface area contributed by atoms with E-state index in [4.69, 9.17) is 0 Å². The first-order valence-electron chi connectivity index (χ1n) is 0. The van der Waals surface area contributed by atoms with Crippen LogP contribution in [0.15, 0.2) is 0 Å². The summed E-state index contributed by atoms with van der Waals surface area (Å²) in [7, 11) is 0. The molecular formula is La15. The van der Waals surface area contributed by atoms with Crippen LogP contribution in [0.5, 0.6) is 0 Å². The molecule has 0 spiro atoms. The van der Waals surface area contributed by atoms with Crippen molar-refractivity contribution in [3.05, 3.63) is 0 Å². The van der Waals surface area contributed by atoms with Gasteiger partial charge in [0.05, 0.1) is 0 Å². The van der Waals surface area contributed by atoms with Crippen LogP contribution >= 0.6 is 0 Å². The predicted octanol–water partition coefficient (Wildman–Crippen LogP) is 0. The Kier molecular flexibility index (Phi) is 662. The molecule has 15 heavy (non-hydrogen) atoms. The van der Waals surface area contributed by atoms with Gasteiger partial charge >= 0.3 is 0 Å². The van der Waals surface area contributed by atoms with Gasteiger partial charge in [-0.05, 0) is 0 Å². The zero-order valence-electron chi connectivity index (χ0n) is 8.66. The fraction of sp³-hybridized carbons (Fsp3) is 0. The molecule has 15 heteroatoms. The van der Waals surface area contributed by atoms with Gasteiger partial charge in [0.25, 0.3) is 0 Å². The first kappa shape index (κ1) is 104. The minimum absolute atomic E-state index is 0. The van der Waals surface area contributed by atoms with Crippen LogP contribution in [0.4, 0.5) is 0 Å². The van der Waals surface area contributed by atoms with Gasteiger partial charge in [-0.1, -0.05) is 0 Å². The van der Waals surface area contributed by atoms with Crippen molar-refractivity contribution in [1.29, 1.82) is 0 Å². The van der Waals surface area contributed by atoms with E-state index >= 15 is 0 Å². The third-order valence-corrected chi connectivity index (χ3v) is 0. The third-order valence-electron chi connectivity index (χ3n) is 0. The molecule has 0 amide bonds. The van der Waals surface area contributed by atoms with Crippen LogP contribution < -0.4 is 0 Å². The molecule has 0 aromatic rings. The molecule has 0 aliphatic rings. The van der Waals surface area contributed by atoms with Crippen molar-refractivity contribution in [3.63, 3.8) is 0 Å². The Hall–Kier alpha value is 17.9.